The fourth-order valence-corrected chi connectivity index (χ4v) is 2.68. The minimum Gasteiger partial charge on any atom is -0.308 e. The highest BCUT2D eigenvalue weighted by molar-refractivity contribution is 9.10. The molecule has 1 N–H and O–H groups in total. The fourth-order valence-electron chi connectivity index (χ4n) is 2.30. The largest absolute Gasteiger partial charge is 0.308 e. The molecule has 2 rings (SSSR count). The molecule has 0 aliphatic carbocycles. The lowest BCUT2D eigenvalue weighted by atomic mass is 10.0. The Bertz CT molecular complexity index is 459. The van der Waals surface area contributed by atoms with Crippen LogP contribution in [0.15, 0.2) is 28.7 Å². The Labute approximate surface area is 117 Å². The van der Waals surface area contributed by atoms with Gasteiger partial charge < -0.3 is 10.2 Å². The van der Waals surface area contributed by atoms with Crippen LogP contribution in [0.3, 0.4) is 0 Å². The average Bonchev–Trinajstić information content (AvgIpc) is 2.37. The first-order valence-electron chi connectivity index (χ1n) is 6.26. The third-order valence-electron chi connectivity index (χ3n) is 3.41. The van der Waals surface area contributed by atoms with Crippen LogP contribution in [0.2, 0.25) is 0 Å². The average molecular weight is 311 g/mol. The van der Waals surface area contributed by atoms with Gasteiger partial charge in [0.25, 0.3) is 0 Å². The summed E-state index contributed by atoms with van der Waals surface area (Å²) in [4.78, 5) is 14.5. The molecule has 1 aromatic carbocycles. The molecule has 4 heteroatoms. The van der Waals surface area contributed by atoms with E-state index in [9.17, 15) is 4.79 Å². The van der Waals surface area contributed by atoms with Crippen molar-refractivity contribution in [3.05, 3.63) is 28.7 Å². The van der Waals surface area contributed by atoms with Gasteiger partial charge in [-0.05, 0) is 51.9 Å². The van der Waals surface area contributed by atoms with Crippen molar-refractivity contribution in [3.8, 4) is 0 Å². The summed E-state index contributed by atoms with van der Waals surface area (Å²) in [6, 6.07) is 8.13. The molecule has 1 saturated heterocycles. The van der Waals surface area contributed by atoms with Crippen LogP contribution in [-0.4, -0.2) is 24.0 Å². The zero-order chi connectivity index (χ0) is 13.3. The second-order valence-corrected chi connectivity index (χ2v) is 6.26. The maximum atomic E-state index is 12.6. The van der Waals surface area contributed by atoms with E-state index >= 15 is 0 Å². The van der Waals surface area contributed by atoms with Gasteiger partial charge in [0, 0.05) is 16.2 Å². The Kier molecular flexibility index (Phi) is 3.78. The molecule has 0 bridgehead atoms. The summed E-state index contributed by atoms with van der Waals surface area (Å²) >= 11 is 3.46. The number of halogens is 1. The second-order valence-electron chi connectivity index (χ2n) is 5.34. The van der Waals surface area contributed by atoms with E-state index in [1.807, 2.05) is 43.0 Å². The molecule has 1 fully saturated rings. The van der Waals surface area contributed by atoms with Gasteiger partial charge in [0.1, 0.15) is 0 Å². The number of nitrogens with zero attached hydrogens (tertiary/aromatic N) is 1. The van der Waals surface area contributed by atoms with Gasteiger partial charge in [-0.3, -0.25) is 4.79 Å². The van der Waals surface area contributed by atoms with Crippen LogP contribution in [0.25, 0.3) is 0 Å². The van der Waals surface area contributed by atoms with Crippen LogP contribution in [0.5, 0.6) is 0 Å². The Morgan fingerprint density at radius 3 is 2.83 bits per heavy atom. The maximum Gasteiger partial charge on any atom is 0.246 e. The van der Waals surface area contributed by atoms with Crippen molar-refractivity contribution in [3.63, 3.8) is 0 Å². The van der Waals surface area contributed by atoms with Crippen molar-refractivity contribution in [2.24, 2.45) is 0 Å². The second kappa shape index (κ2) is 5.02. The normalized spacial score (nSPS) is 23.9. The molecule has 0 spiro atoms. The van der Waals surface area contributed by atoms with E-state index in [0.717, 1.165) is 23.1 Å². The van der Waals surface area contributed by atoms with E-state index < -0.39 is 5.54 Å². The van der Waals surface area contributed by atoms with Crippen LogP contribution in [0.1, 0.15) is 27.2 Å². The SMILES string of the molecule is CC1CCNC(C)(C)C(=O)N1c1cccc(Br)c1. The van der Waals surface area contributed by atoms with E-state index in [1.165, 1.54) is 0 Å². The third-order valence-corrected chi connectivity index (χ3v) is 3.90. The summed E-state index contributed by atoms with van der Waals surface area (Å²) in [5.74, 6) is 0.130. The van der Waals surface area contributed by atoms with Crippen LogP contribution >= 0.6 is 15.9 Å². The maximum absolute atomic E-state index is 12.6. The van der Waals surface area contributed by atoms with Crippen LogP contribution in [0, 0.1) is 0 Å². The standard InChI is InChI=1S/C14H19BrN2O/c1-10-7-8-16-14(2,3)13(18)17(10)12-6-4-5-11(15)9-12/h4-6,9-10,16H,7-8H2,1-3H3. The fraction of sp³-hybridized carbons (Fsp3) is 0.500. The molecule has 0 radical (unpaired) electrons. The number of carbonyl (C=O) groups excluding carboxylic acids is 1. The Morgan fingerprint density at radius 1 is 1.44 bits per heavy atom. The topological polar surface area (TPSA) is 32.3 Å². The molecule has 1 aliphatic rings. The van der Waals surface area contributed by atoms with Crippen molar-refractivity contribution >= 4 is 27.5 Å². The predicted molar refractivity (Wildman–Crippen MR) is 77.8 cm³/mol. The number of rotatable bonds is 1. The van der Waals surface area contributed by atoms with Gasteiger partial charge in [-0.1, -0.05) is 22.0 Å². The summed E-state index contributed by atoms with van der Waals surface area (Å²) in [7, 11) is 0. The van der Waals surface area contributed by atoms with Gasteiger partial charge in [-0.2, -0.15) is 0 Å². The zero-order valence-corrected chi connectivity index (χ0v) is 12.6. The van der Waals surface area contributed by atoms with Crippen LogP contribution < -0.4 is 10.2 Å². The minimum absolute atomic E-state index is 0.130. The van der Waals surface area contributed by atoms with Crippen molar-refractivity contribution in [1.29, 1.82) is 0 Å². The van der Waals surface area contributed by atoms with E-state index in [0.29, 0.717) is 0 Å². The molecule has 1 amide bonds. The molecule has 18 heavy (non-hydrogen) atoms. The number of carbonyl (C=O) groups is 1. The first kappa shape index (κ1) is 13.6. The molecule has 0 aromatic heterocycles. The summed E-state index contributed by atoms with van der Waals surface area (Å²) in [6.07, 6.45) is 0.960. The Balaban J connectivity index is 2.41. The summed E-state index contributed by atoms with van der Waals surface area (Å²) < 4.78 is 0.995. The highest BCUT2D eigenvalue weighted by Crippen LogP contribution is 2.27. The summed E-state index contributed by atoms with van der Waals surface area (Å²) in [6.45, 7) is 6.85. The van der Waals surface area contributed by atoms with Crippen LogP contribution in [-0.2, 0) is 4.79 Å². The number of amides is 1. The summed E-state index contributed by atoms with van der Waals surface area (Å²) in [5.41, 5.74) is 0.450. The number of anilines is 1. The first-order chi connectivity index (χ1) is 8.42. The first-order valence-corrected chi connectivity index (χ1v) is 7.05. The van der Waals surface area contributed by atoms with Crippen LogP contribution in [0.4, 0.5) is 5.69 Å². The lowest BCUT2D eigenvalue weighted by Crippen LogP contribution is -2.53. The zero-order valence-electron chi connectivity index (χ0n) is 11.0. The van der Waals surface area contributed by atoms with E-state index in [2.05, 4.69) is 28.2 Å². The van der Waals surface area contributed by atoms with Gasteiger partial charge in [0.2, 0.25) is 5.91 Å². The molecular formula is C14H19BrN2O. The minimum atomic E-state index is -0.507. The van der Waals surface area contributed by atoms with Gasteiger partial charge in [0.15, 0.2) is 0 Å². The van der Waals surface area contributed by atoms with Crippen molar-refractivity contribution in [2.45, 2.75) is 38.8 Å². The molecular weight excluding hydrogens is 292 g/mol. The van der Waals surface area contributed by atoms with E-state index in [1.54, 1.807) is 0 Å². The molecule has 1 heterocycles. The van der Waals surface area contributed by atoms with Gasteiger partial charge in [0.05, 0.1) is 5.54 Å². The Morgan fingerprint density at radius 2 is 2.17 bits per heavy atom. The highest BCUT2D eigenvalue weighted by atomic mass is 79.9. The van der Waals surface area contributed by atoms with Gasteiger partial charge in [-0.25, -0.2) is 0 Å². The predicted octanol–water partition coefficient (Wildman–Crippen LogP) is 2.94. The Hall–Kier alpha value is -0.870. The molecule has 1 aliphatic heterocycles. The van der Waals surface area contributed by atoms with E-state index in [-0.39, 0.29) is 11.9 Å². The van der Waals surface area contributed by atoms with E-state index in [4.69, 9.17) is 0 Å². The molecule has 1 aromatic rings. The molecule has 98 valence electrons. The van der Waals surface area contributed by atoms with Crippen molar-refractivity contribution < 1.29 is 4.79 Å². The number of hydrogen-bond donors (Lipinski definition) is 1. The van der Waals surface area contributed by atoms with Gasteiger partial charge >= 0.3 is 0 Å². The number of hydrogen-bond acceptors (Lipinski definition) is 2. The lowest BCUT2D eigenvalue weighted by Gasteiger charge is -2.32. The lowest BCUT2D eigenvalue weighted by molar-refractivity contribution is -0.123. The molecule has 1 unspecified atom stereocenters. The molecule has 0 saturated carbocycles. The van der Waals surface area contributed by atoms with Gasteiger partial charge in [-0.15, -0.1) is 0 Å². The molecule has 1 atom stereocenters. The highest BCUT2D eigenvalue weighted by Gasteiger charge is 2.37. The number of benzene rings is 1. The van der Waals surface area contributed by atoms with Crippen molar-refractivity contribution in [1.82, 2.24) is 5.32 Å². The number of nitrogens with one attached hydrogen (secondary N) is 1. The van der Waals surface area contributed by atoms with Crippen molar-refractivity contribution in [2.75, 3.05) is 11.4 Å². The third kappa shape index (κ3) is 2.59. The quantitative estimate of drug-likeness (QED) is 0.865. The summed E-state index contributed by atoms with van der Waals surface area (Å²) in [5, 5.41) is 3.31. The smallest absolute Gasteiger partial charge is 0.246 e. The monoisotopic (exact) mass is 310 g/mol. The molecule has 3 nitrogen and oxygen atoms in total.